The van der Waals surface area contributed by atoms with Crippen LogP contribution in [0.1, 0.15) is 35.2 Å². The average molecular weight is 380 g/mol. The first-order chi connectivity index (χ1) is 13.7. The fourth-order valence-electron chi connectivity index (χ4n) is 4.33. The molecule has 146 valence electrons. The van der Waals surface area contributed by atoms with E-state index in [1.807, 2.05) is 31.2 Å². The molecule has 2 N–H and O–H groups in total. The van der Waals surface area contributed by atoms with Gasteiger partial charge in [-0.05, 0) is 30.2 Å². The SMILES string of the molecule is CCCNC(=O)N1C[C@H]2[C@@H](c3ccccc31)[C@H](CO)N2C(=O)c1ccncc1. The fraction of sp³-hybridized carbons (Fsp3) is 0.381. The number of hydrogen-bond acceptors (Lipinski definition) is 4. The summed E-state index contributed by atoms with van der Waals surface area (Å²) < 4.78 is 0. The van der Waals surface area contributed by atoms with Gasteiger partial charge < -0.3 is 15.3 Å². The molecular formula is C21H24N4O3. The van der Waals surface area contributed by atoms with Crippen LogP contribution in [0, 0.1) is 0 Å². The molecule has 2 aliphatic heterocycles. The summed E-state index contributed by atoms with van der Waals surface area (Å²) in [6.45, 7) is 2.90. The van der Waals surface area contributed by atoms with Crippen molar-refractivity contribution in [3.63, 3.8) is 0 Å². The van der Waals surface area contributed by atoms with Crippen LogP contribution in [0.25, 0.3) is 0 Å². The Hall–Kier alpha value is -2.93. The lowest BCUT2D eigenvalue weighted by atomic mass is 9.71. The normalized spacial score (nSPS) is 22.7. The van der Waals surface area contributed by atoms with Crippen molar-refractivity contribution >= 4 is 17.6 Å². The van der Waals surface area contributed by atoms with Gasteiger partial charge in [0.15, 0.2) is 0 Å². The molecule has 2 aliphatic rings. The lowest BCUT2D eigenvalue weighted by Gasteiger charge is -2.58. The van der Waals surface area contributed by atoms with Crippen LogP contribution in [-0.2, 0) is 0 Å². The molecule has 2 aromatic rings. The summed E-state index contributed by atoms with van der Waals surface area (Å²) in [6, 6.07) is 10.5. The second-order valence-corrected chi connectivity index (χ2v) is 7.19. The highest BCUT2D eigenvalue weighted by Gasteiger charge is 2.55. The number of nitrogens with one attached hydrogen (secondary N) is 1. The standard InChI is InChI=1S/C21H24N4O3/c1-2-9-23-21(28)24-12-17-19(15-5-3-4-6-16(15)24)18(13-26)25(17)20(27)14-7-10-22-11-8-14/h3-8,10-11,17-19,26H,2,9,12-13H2,1H3,(H,23,28)/t17-,18-,19+/m0/s1. The number of aliphatic hydroxyl groups is 1. The third-order valence-corrected chi connectivity index (χ3v) is 5.62. The van der Waals surface area contributed by atoms with E-state index >= 15 is 0 Å². The average Bonchev–Trinajstić information content (AvgIpc) is 2.73. The van der Waals surface area contributed by atoms with Crippen LogP contribution in [0.2, 0.25) is 0 Å². The van der Waals surface area contributed by atoms with E-state index in [1.165, 1.54) is 0 Å². The van der Waals surface area contributed by atoms with Crippen LogP contribution in [0.5, 0.6) is 0 Å². The Balaban J connectivity index is 1.67. The number of pyridine rings is 1. The van der Waals surface area contributed by atoms with Gasteiger partial charge in [0.2, 0.25) is 0 Å². The smallest absolute Gasteiger partial charge is 0.321 e. The Morgan fingerprint density at radius 1 is 1.21 bits per heavy atom. The molecule has 0 aliphatic carbocycles. The number of nitrogens with zero attached hydrogens (tertiary/aromatic N) is 3. The molecule has 7 heteroatoms. The number of hydrogen-bond donors (Lipinski definition) is 2. The number of rotatable bonds is 4. The first-order valence-corrected chi connectivity index (χ1v) is 9.65. The van der Waals surface area contributed by atoms with Gasteiger partial charge in [-0.2, -0.15) is 0 Å². The largest absolute Gasteiger partial charge is 0.394 e. The number of fused-ring (bicyclic) bond motifs is 3. The number of carbonyl (C=O) groups is 2. The fourth-order valence-corrected chi connectivity index (χ4v) is 4.33. The molecule has 0 unspecified atom stereocenters. The maximum Gasteiger partial charge on any atom is 0.321 e. The Bertz CT molecular complexity index is 873. The first-order valence-electron chi connectivity index (χ1n) is 9.65. The number of urea groups is 1. The Labute approximate surface area is 164 Å². The molecule has 0 radical (unpaired) electrons. The molecule has 1 aromatic heterocycles. The van der Waals surface area contributed by atoms with Gasteiger partial charge in [0.05, 0.1) is 18.7 Å². The topological polar surface area (TPSA) is 85.8 Å². The Morgan fingerprint density at radius 3 is 2.68 bits per heavy atom. The minimum absolute atomic E-state index is 0.0159. The monoisotopic (exact) mass is 380 g/mol. The Morgan fingerprint density at radius 2 is 1.96 bits per heavy atom. The molecule has 0 spiro atoms. The number of likely N-dealkylation sites (tertiary alicyclic amines) is 1. The maximum absolute atomic E-state index is 13.1. The molecule has 28 heavy (non-hydrogen) atoms. The molecule has 1 fully saturated rings. The van der Waals surface area contributed by atoms with Crippen LogP contribution in [0.15, 0.2) is 48.8 Å². The molecule has 0 saturated carbocycles. The molecule has 4 rings (SSSR count). The van der Waals surface area contributed by atoms with E-state index in [0.29, 0.717) is 18.7 Å². The predicted octanol–water partition coefficient (Wildman–Crippen LogP) is 1.99. The van der Waals surface area contributed by atoms with Gasteiger partial charge in [-0.1, -0.05) is 25.1 Å². The van der Waals surface area contributed by atoms with Gasteiger partial charge >= 0.3 is 6.03 Å². The van der Waals surface area contributed by atoms with Crippen molar-refractivity contribution < 1.29 is 14.7 Å². The first kappa shape index (κ1) is 18.4. The van der Waals surface area contributed by atoms with Crippen LogP contribution in [-0.4, -0.2) is 58.7 Å². The van der Waals surface area contributed by atoms with E-state index in [1.54, 1.807) is 34.3 Å². The number of carbonyl (C=O) groups excluding carboxylic acids is 2. The number of para-hydroxylation sites is 1. The summed E-state index contributed by atoms with van der Waals surface area (Å²) in [5, 5.41) is 12.9. The number of aromatic nitrogens is 1. The van der Waals surface area contributed by atoms with Crippen molar-refractivity contribution in [1.29, 1.82) is 0 Å². The van der Waals surface area contributed by atoms with Gasteiger partial charge in [0, 0.05) is 42.7 Å². The lowest BCUT2D eigenvalue weighted by molar-refractivity contribution is -0.0242. The van der Waals surface area contributed by atoms with Gasteiger partial charge in [-0.3, -0.25) is 14.7 Å². The zero-order valence-electron chi connectivity index (χ0n) is 15.8. The van der Waals surface area contributed by atoms with Crippen molar-refractivity contribution in [3.05, 3.63) is 59.9 Å². The van der Waals surface area contributed by atoms with Crippen LogP contribution >= 0.6 is 0 Å². The minimum atomic E-state index is -0.298. The quantitative estimate of drug-likeness (QED) is 0.849. The third kappa shape index (κ3) is 2.92. The number of aliphatic hydroxyl groups excluding tert-OH is 1. The van der Waals surface area contributed by atoms with Crippen molar-refractivity contribution in [2.45, 2.75) is 31.3 Å². The van der Waals surface area contributed by atoms with E-state index in [9.17, 15) is 14.7 Å². The summed E-state index contributed by atoms with van der Waals surface area (Å²) in [5.41, 5.74) is 2.39. The van der Waals surface area contributed by atoms with Gasteiger partial charge in [0.1, 0.15) is 0 Å². The van der Waals surface area contributed by atoms with Gasteiger partial charge in [-0.25, -0.2) is 4.79 Å². The number of amides is 3. The zero-order valence-corrected chi connectivity index (χ0v) is 15.8. The second kappa shape index (κ2) is 7.59. The van der Waals surface area contributed by atoms with Crippen molar-refractivity contribution in [3.8, 4) is 0 Å². The highest BCUT2D eigenvalue weighted by Crippen LogP contribution is 2.48. The lowest BCUT2D eigenvalue weighted by Crippen LogP contribution is -2.71. The minimum Gasteiger partial charge on any atom is -0.394 e. The van der Waals surface area contributed by atoms with Gasteiger partial charge in [-0.15, -0.1) is 0 Å². The molecule has 1 aromatic carbocycles. The van der Waals surface area contributed by atoms with Crippen LogP contribution in [0.4, 0.5) is 10.5 Å². The molecule has 3 amide bonds. The zero-order chi connectivity index (χ0) is 19.7. The summed E-state index contributed by atoms with van der Waals surface area (Å²) in [6.07, 6.45) is 4.02. The Kier molecular flexibility index (Phi) is 5.00. The summed E-state index contributed by atoms with van der Waals surface area (Å²) in [5.74, 6) is -0.127. The molecule has 0 bridgehead atoms. The number of anilines is 1. The van der Waals surface area contributed by atoms with E-state index in [-0.39, 0.29) is 36.5 Å². The highest BCUT2D eigenvalue weighted by atomic mass is 16.3. The molecule has 3 atom stereocenters. The highest BCUT2D eigenvalue weighted by molar-refractivity contribution is 5.97. The van der Waals surface area contributed by atoms with Crippen molar-refractivity contribution in [1.82, 2.24) is 15.2 Å². The maximum atomic E-state index is 13.1. The second-order valence-electron chi connectivity index (χ2n) is 7.19. The summed E-state index contributed by atoms with van der Waals surface area (Å²) in [4.78, 5) is 33.2. The molecule has 7 nitrogen and oxygen atoms in total. The van der Waals surface area contributed by atoms with E-state index < -0.39 is 0 Å². The van der Waals surface area contributed by atoms with Crippen LogP contribution < -0.4 is 10.2 Å². The van der Waals surface area contributed by atoms with E-state index in [4.69, 9.17) is 0 Å². The number of benzene rings is 1. The van der Waals surface area contributed by atoms with Crippen molar-refractivity contribution in [2.75, 3.05) is 24.6 Å². The van der Waals surface area contributed by atoms with Gasteiger partial charge in [0.25, 0.3) is 5.91 Å². The molecule has 1 saturated heterocycles. The predicted molar refractivity (Wildman–Crippen MR) is 105 cm³/mol. The summed E-state index contributed by atoms with van der Waals surface area (Å²) in [7, 11) is 0. The molecular weight excluding hydrogens is 356 g/mol. The van der Waals surface area contributed by atoms with Crippen LogP contribution in [0.3, 0.4) is 0 Å². The summed E-state index contributed by atoms with van der Waals surface area (Å²) >= 11 is 0. The van der Waals surface area contributed by atoms with Crippen molar-refractivity contribution in [2.24, 2.45) is 0 Å². The third-order valence-electron chi connectivity index (χ3n) is 5.62. The molecule has 3 heterocycles. The van der Waals surface area contributed by atoms with E-state index in [0.717, 1.165) is 17.7 Å². The van der Waals surface area contributed by atoms with E-state index in [2.05, 4.69) is 10.3 Å².